The molecule has 32 heavy (non-hydrogen) atoms. The molecule has 2 heterocycles. The predicted molar refractivity (Wildman–Crippen MR) is 129 cm³/mol. The topological polar surface area (TPSA) is 82.1 Å². The van der Waals surface area contributed by atoms with Crippen molar-refractivity contribution in [2.75, 3.05) is 11.9 Å². The van der Waals surface area contributed by atoms with Crippen LogP contribution in [-0.2, 0) is 0 Å². The quantitative estimate of drug-likeness (QED) is 0.493. The Morgan fingerprint density at radius 3 is 2.31 bits per heavy atom. The fourth-order valence-corrected chi connectivity index (χ4v) is 3.08. The molecule has 7 heteroatoms. The Morgan fingerprint density at radius 1 is 0.938 bits per heavy atom. The van der Waals surface area contributed by atoms with E-state index in [2.05, 4.69) is 45.2 Å². The molecule has 0 saturated heterocycles. The third-order valence-corrected chi connectivity index (χ3v) is 4.49. The van der Waals surface area contributed by atoms with Gasteiger partial charge in [-0.05, 0) is 71.6 Å². The van der Waals surface area contributed by atoms with Gasteiger partial charge in [0.1, 0.15) is 23.3 Å². The lowest BCUT2D eigenvalue weighted by Crippen LogP contribution is -2.26. The number of fused-ring (bicyclic) bond motifs is 1. The minimum absolute atomic E-state index is 0.292. The highest BCUT2D eigenvalue weighted by Gasteiger charge is 2.21. The van der Waals surface area contributed by atoms with Crippen LogP contribution in [0.15, 0.2) is 30.7 Å². The van der Waals surface area contributed by atoms with Gasteiger partial charge in [-0.2, -0.15) is 4.98 Å². The Bertz CT molecular complexity index is 1070. The van der Waals surface area contributed by atoms with E-state index in [1.54, 1.807) is 12.5 Å². The lowest BCUT2D eigenvalue weighted by atomic mass is 10.1. The summed E-state index contributed by atoms with van der Waals surface area (Å²) in [5.74, 6) is 1.93. The number of hydrogen-bond donors (Lipinski definition) is 1. The molecule has 1 aromatic carbocycles. The van der Waals surface area contributed by atoms with Crippen molar-refractivity contribution in [1.82, 2.24) is 19.9 Å². The van der Waals surface area contributed by atoms with Crippen LogP contribution in [0.2, 0.25) is 0 Å². The molecule has 0 radical (unpaired) electrons. The summed E-state index contributed by atoms with van der Waals surface area (Å²) in [5.41, 5.74) is 1.77. The largest absolute Gasteiger partial charge is 0.471 e. The van der Waals surface area contributed by atoms with Crippen LogP contribution in [0, 0.1) is 5.92 Å². The number of rotatable bonds is 7. The van der Waals surface area contributed by atoms with E-state index in [9.17, 15) is 0 Å². The van der Waals surface area contributed by atoms with Crippen molar-refractivity contribution in [1.29, 1.82) is 0 Å². The van der Waals surface area contributed by atoms with Crippen LogP contribution in [0.1, 0.15) is 61.8 Å². The highest BCUT2D eigenvalue weighted by molar-refractivity contribution is 5.92. The molecule has 1 N–H and O–H groups in total. The first-order chi connectivity index (χ1) is 14.9. The van der Waals surface area contributed by atoms with Crippen molar-refractivity contribution in [3.63, 3.8) is 0 Å². The van der Waals surface area contributed by atoms with Gasteiger partial charge in [0.05, 0.1) is 11.1 Å². The number of anilines is 1. The Morgan fingerprint density at radius 2 is 1.66 bits per heavy atom. The number of nitrogens with zero attached hydrogens (tertiary/aromatic N) is 4. The van der Waals surface area contributed by atoms with Crippen LogP contribution in [0.25, 0.3) is 22.0 Å². The first kappa shape index (κ1) is 23.7. The highest BCUT2D eigenvalue weighted by Crippen LogP contribution is 2.34. The fourth-order valence-electron chi connectivity index (χ4n) is 3.08. The second kappa shape index (κ2) is 9.27. The predicted octanol–water partition coefficient (Wildman–Crippen LogP) is 5.90. The maximum absolute atomic E-state index is 6.20. The zero-order chi connectivity index (χ0) is 23.5. The van der Waals surface area contributed by atoms with Gasteiger partial charge >= 0.3 is 6.01 Å². The lowest BCUT2D eigenvalue weighted by Gasteiger charge is -2.24. The summed E-state index contributed by atoms with van der Waals surface area (Å²) in [5, 5.41) is 4.40. The summed E-state index contributed by atoms with van der Waals surface area (Å²) in [6, 6.07) is 6.35. The molecule has 3 aromatic rings. The molecule has 0 amide bonds. The summed E-state index contributed by atoms with van der Waals surface area (Å²) < 4.78 is 12.1. The molecule has 0 aliphatic rings. The molecular weight excluding hydrogens is 402 g/mol. The third kappa shape index (κ3) is 6.52. The van der Waals surface area contributed by atoms with Gasteiger partial charge in [-0.1, -0.05) is 19.9 Å². The maximum Gasteiger partial charge on any atom is 0.320 e. The van der Waals surface area contributed by atoms with Gasteiger partial charge in [-0.25, -0.2) is 15.0 Å². The second-order valence-electron chi connectivity index (χ2n) is 10.4. The third-order valence-electron chi connectivity index (χ3n) is 4.49. The summed E-state index contributed by atoms with van der Waals surface area (Å²) in [4.78, 5) is 17.9. The first-order valence-electron chi connectivity index (χ1n) is 11.2. The molecule has 0 atom stereocenters. The molecular formula is C25H35N5O2. The van der Waals surface area contributed by atoms with Gasteiger partial charge in [0.15, 0.2) is 0 Å². The summed E-state index contributed by atoms with van der Waals surface area (Å²) in [7, 11) is 0. The summed E-state index contributed by atoms with van der Waals surface area (Å²) in [6.45, 7) is 17.2. The van der Waals surface area contributed by atoms with E-state index in [4.69, 9.17) is 9.47 Å². The van der Waals surface area contributed by atoms with E-state index < -0.39 is 11.2 Å². The number of nitrogens with one attached hydrogen (secondary N) is 1. The smallest absolute Gasteiger partial charge is 0.320 e. The average molecular weight is 438 g/mol. The Hall–Kier alpha value is -2.96. The van der Waals surface area contributed by atoms with Crippen LogP contribution in [0.5, 0.6) is 11.9 Å². The van der Waals surface area contributed by atoms with Crippen LogP contribution >= 0.6 is 0 Å². The van der Waals surface area contributed by atoms with Crippen molar-refractivity contribution in [3.05, 3.63) is 30.7 Å². The van der Waals surface area contributed by atoms with E-state index in [1.165, 1.54) is 0 Å². The highest BCUT2D eigenvalue weighted by atomic mass is 16.5. The minimum Gasteiger partial charge on any atom is -0.471 e. The number of aromatic nitrogens is 4. The molecule has 0 saturated carbocycles. The van der Waals surface area contributed by atoms with Crippen molar-refractivity contribution >= 4 is 16.7 Å². The van der Waals surface area contributed by atoms with Gasteiger partial charge < -0.3 is 14.8 Å². The number of ether oxygens (including phenoxy) is 2. The molecule has 0 aliphatic carbocycles. The normalized spacial score (nSPS) is 12.3. The van der Waals surface area contributed by atoms with Gasteiger partial charge in [0.2, 0.25) is 5.88 Å². The monoisotopic (exact) mass is 437 g/mol. The van der Waals surface area contributed by atoms with E-state index in [0.717, 1.165) is 40.8 Å². The van der Waals surface area contributed by atoms with Gasteiger partial charge in [0, 0.05) is 18.1 Å². The van der Waals surface area contributed by atoms with E-state index in [1.807, 2.05) is 53.7 Å². The van der Waals surface area contributed by atoms with Crippen LogP contribution in [-0.4, -0.2) is 37.7 Å². The van der Waals surface area contributed by atoms with Crippen LogP contribution < -0.4 is 14.8 Å². The summed E-state index contributed by atoms with van der Waals surface area (Å²) >= 11 is 0. The molecule has 0 aliphatic heterocycles. The van der Waals surface area contributed by atoms with Crippen molar-refractivity contribution in [2.45, 2.75) is 73.0 Å². The zero-order valence-corrected chi connectivity index (χ0v) is 20.5. The standard InChI is InChI=1S/C25H35N5O2/c1-16(2)11-12-26-21-18-13-17(9-10-20(18)28-15-29-21)19-14-27-23(32-25(6,7)8)30-22(19)31-24(3,4)5/h9-10,13-16H,11-12H2,1-8H3,(H,26,28,29). The van der Waals surface area contributed by atoms with E-state index >= 15 is 0 Å². The average Bonchev–Trinajstić information content (AvgIpc) is 2.65. The SMILES string of the molecule is CC(C)CCNc1ncnc2ccc(-c3cnc(OC(C)(C)C)nc3OC(C)(C)C)cc12. The Kier molecular flexibility index (Phi) is 6.86. The van der Waals surface area contributed by atoms with Crippen molar-refractivity contribution < 1.29 is 9.47 Å². The van der Waals surface area contributed by atoms with Gasteiger partial charge in [0.25, 0.3) is 0 Å². The maximum atomic E-state index is 6.20. The molecule has 0 bridgehead atoms. The molecule has 0 spiro atoms. The molecule has 172 valence electrons. The molecule has 3 rings (SSSR count). The van der Waals surface area contributed by atoms with E-state index in [-0.39, 0.29) is 0 Å². The number of benzene rings is 1. The van der Waals surface area contributed by atoms with Crippen molar-refractivity contribution in [2.24, 2.45) is 5.92 Å². The summed E-state index contributed by atoms with van der Waals surface area (Å²) in [6.07, 6.45) is 4.42. The fraction of sp³-hybridized carbons (Fsp3) is 0.520. The van der Waals surface area contributed by atoms with Crippen LogP contribution in [0.4, 0.5) is 5.82 Å². The van der Waals surface area contributed by atoms with Gasteiger partial charge in [-0.15, -0.1) is 0 Å². The molecule has 7 nitrogen and oxygen atoms in total. The minimum atomic E-state index is -0.425. The molecule has 0 fully saturated rings. The van der Waals surface area contributed by atoms with Crippen LogP contribution in [0.3, 0.4) is 0 Å². The number of hydrogen-bond acceptors (Lipinski definition) is 7. The lowest BCUT2D eigenvalue weighted by molar-refractivity contribution is 0.103. The molecule has 2 aromatic heterocycles. The molecule has 0 unspecified atom stereocenters. The van der Waals surface area contributed by atoms with Crippen molar-refractivity contribution in [3.8, 4) is 23.0 Å². The van der Waals surface area contributed by atoms with Gasteiger partial charge in [-0.3, -0.25) is 0 Å². The first-order valence-corrected chi connectivity index (χ1v) is 11.2. The second-order valence-corrected chi connectivity index (χ2v) is 10.4. The van der Waals surface area contributed by atoms with E-state index in [0.29, 0.717) is 17.8 Å². The zero-order valence-electron chi connectivity index (χ0n) is 20.5. The Balaban J connectivity index is 2.04. The Labute approximate surface area is 191 Å².